The fourth-order valence-corrected chi connectivity index (χ4v) is 2.51. The molecule has 10 nitrogen and oxygen atoms in total. The van der Waals surface area contributed by atoms with Gasteiger partial charge >= 0.3 is 0 Å². The maximum atomic E-state index is 9.99. The summed E-state index contributed by atoms with van der Waals surface area (Å²) in [5.41, 5.74) is 0. The van der Waals surface area contributed by atoms with E-state index >= 15 is 0 Å². The first kappa shape index (κ1) is 17.9. The lowest BCUT2D eigenvalue weighted by Crippen LogP contribution is -2.63. The van der Waals surface area contributed by atoms with Crippen LogP contribution < -0.4 is 0 Å². The Morgan fingerprint density at radius 1 is 0.818 bits per heavy atom. The molecule has 2 aliphatic rings. The maximum absolute atomic E-state index is 9.99. The molecule has 0 amide bonds. The number of ether oxygens (including phenoxy) is 3. The highest BCUT2D eigenvalue weighted by molar-refractivity contribution is 4.93. The molecule has 130 valence electrons. The van der Waals surface area contributed by atoms with Crippen LogP contribution in [0.25, 0.3) is 0 Å². The maximum Gasteiger partial charge on any atom is 0.187 e. The summed E-state index contributed by atoms with van der Waals surface area (Å²) >= 11 is 0. The Bertz CT molecular complexity index is 368. The molecule has 0 aromatic carbocycles. The van der Waals surface area contributed by atoms with E-state index in [2.05, 4.69) is 0 Å². The minimum atomic E-state index is -1.71. The van der Waals surface area contributed by atoms with E-state index in [1.165, 1.54) is 6.92 Å². The van der Waals surface area contributed by atoms with Crippen LogP contribution in [0.1, 0.15) is 6.92 Å². The predicted molar refractivity (Wildman–Crippen MR) is 67.2 cm³/mol. The van der Waals surface area contributed by atoms with Crippen LogP contribution in [0.15, 0.2) is 0 Å². The molecular formula is C12H22O10. The van der Waals surface area contributed by atoms with E-state index in [0.717, 1.165) is 0 Å². The first-order chi connectivity index (χ1) is 10.3. The molecule has 7 N–H and O–H groups in total. The number of aliphatic hydroxyl groups excluding tert-OH is 7. The second-order valence-electron chi connectivity index (χ2n) is 5.51. The van der Waals surface area contributed by atoms with Gasteiger partial charge in [-0.25, -0.2) is 0 Å². The summed E-state index contributed by atoms with van der Waals surface area (Å²) in [6, 6.07) is 0. The van der Waals surface area contributed by atoms with Gasteiger partial charge in [0, 0.05) is 0 Å². The Morgan fingerprint density at radius 2 is 1.45 bits per heavy atom. The molecule has 0 unspecified atom stereocenters. The zero-order valence-electron chi connectivity index (χ0n) is 11.8. The number of rotatable bonds is 3. The number of hydrogen-bond donors (Lipinski definition) is 7. The Balaban J connectivity index is 2.10. The van der Waals surface area contributed by atoms with E-state index in [1.807, 2.05) is 0 Å². The molecule has 10 heteroatoms. The minimum Gasteiger partial charge on any atom is -0.394 e. The molecule has 2 aliphatic heterocycles. The van der Waals surface area contributed by atoms with E-state index in [9.17, 15) is 30.6 Å². The van der Waals surface area contributed by atoms with Gasteiger partial charge in [0.2, 0.25) is 0 Å². The predicted octanol–water partition coefficient (Wildman–Crippen LogP) is -4.37. The minimum absolute atomic E-state index is 0.628. The van der Waals surface area contributed by atoms with Crippen molar-refractivity contribution in [3.05, 3.63) is 0 Å². The van der Waals surface area contributed by atoms with Gasteiger partial charge in [0.15, 0.2) is 12.6 Å². The van der Waals surface area contributed by atoms with Crippen LogP contribution in [-0.2, 0) is 14.2 Å². The van der Waals surface area contributed by atoms with E-state index in [0.29, 0.717) is 0 Å². The summed E-state index contributed by atoms with van der Waals surface area (Å²) in [4.78, 5) is 0. The van der Waals surface area contributed by atoms with Gasteiger partial charge < -0.3 is 50.0 Å². The van der Waals surface area contributed by atoms with Crippen LogP contribution in [0.5, 0.6) is 0 Å². The average Bonchev–Trinajstić information content (AvgIpc) is 2.50. The smallest absolute Gasteiger partial charge is 0.187 e. The molecule has 2 heterocycles. The molecule has 0 saturated carbocycles. The van der Waals surface area contributed by atoms with E-state index < -0.39 is 68.0 Å². The van der Waals surface area contributed by atoms with Crippen LogP contribution in [0, 0.1) is 0 Å². The van der Waals surface area contributed by atoms with E-state index in [-0.39, 0.29) is 0 Å². The first-order valence-electron chi connectivity index (χ1n) is 6.93. The molecule has 0 aliphatic carbocycles. The van der Waals surface area contributed by atoms with Crippen molar-refractivity contribution < 1.29 is 50.0 Å². The summed E-state index contributed by atoms with van der Waals surface area (Å²) < 4.78 is 15.3. The highest BCUT2D eigenvalue weighted by Gasteiger charge is 2.49. The van der Waals surface area contributed by atoms with Gasteiger partial charge in [-0.1, -0.05) is 0 Å². The summed E-state index contributed by atoms with van der Waals surface area (Å²) in [5, 5.41) is 67.6. The van der Waals surface area contributed by atoms with Crippen LogP contribution in [0.3, 0.4) is 0 Å². The SMILES string of the molecule is C[C@@H]1O[C@@H](O[C@@H]2[C@@H](O)[C@@H](O)O[C@H](CO)[C@H]2O)[C@H](O)[C@H](O)[C@H]1O. The van der Waals surface area contributed by atoms with Gasteiger partial charge in [0.05, 0.1) is 12.7 Å². The Hall–Kier alpha value is -0.400. The van der Waals surface area contributed by atoms with Gasteiger partial charge in [-0.05, 0) is 6.92 Å². The molecule has 2 fully saturated rings. The molecule has 2 rings (SSSR count). The highest BCUT2D eigenvalue weighted by atomic mass is 16.7. The van der Waals surface area contributed by atoms with Crippen LogP contribution >= 0.6 is 0 Å². The van der Waals surface area contributed by atoms with Crippen LogP contribution in [0.4, 0.5) is 0 Å². The zero-order chi connectivity index (χ0) is 16.6. The Morgan fingerprint density at radius 3 is 2.05 bits per heavy atom. The van der Waals surface area contributed by atoms with Crippen molar-refractivity contribution in [2.75, 3.05) is 6.61 Å². The monoisotopic (exact) mass is 326 g/mol. The van der Waals surface area contributed by atoms with Crippen molar-refractivity contribution in [2.24, 2.45) is 0 Å². The summed E-state index contributed by atoms with van der Waals surface area (Å²) in [6.45, 7) is 0.814. The second kappa shape index (κ2) is 7.01. The number of hydrogen-bond acceptors (Lipinski definition) is 10. The first-order valence-corrected chi connectivity index (χ1v) is 6.93. The fourth-order valence-electron chi connectivity index (χ4n) is 2.51. The molecule has 0 bridgehead atoms. The second-order valence-corrected chi connectivity index (χ2v) is 5.51. The Labute approximate surface area is 126 Å². The lowest BCUT2D eigenvalue weighted by Gasteiger charge is -2.44. The molecule has 0 radical (unpaired) electrons. The Kier molecular flexibility index (Phi) is 5.72. The summed E-state index contributed by atoms with van der Waals surface area (Å²) in [7, 11) is 0. The van der Waals surface area contributed by atoms with Crippen molar-refractivity contribution in [1.82, 2.24) is 0 Å². The zero-order valence-corrected chi connectivity index (χ0v) is 11.8. The van der Waals surface area contributed by atoms with Crippen molar-refractivity contribution in [3.63, 3.8) is 0 Å². The number of aliphatic hydroxyl groups is 7. The van der Waals surface area contributed by atoms with Crippen molar-refractivity contribution >= 4 is 0 Å². The summed E-state index contributed by atoms with van der Waals surface area (Å²) in [5.74, 6) is 0. The molecule has 0 spiro atoms. The third-order valence-electron chi connectivity index (χ3n) is 3.94. The molecule has 22 heavy (non-hydrogen) atoms. The normalized spacial score (nSPS) is 53.5. The summed E-state index contributed by atoms with van der Waals surface area (Å²) in [6.07, 6.45) is -14.3. The molecule has 0 aromatic heterocycles. The van der Waals surface area contributed by atoms with Gasteiger partial charge in [-0.2, -0.15) is 0 Å². The van der Waals surface area contributed by atoms with Crippen LogP contribution in [-0.4, -0.2) is 104 Å². The van der Waals surface area contributed by atoms with Gasteiger partial charge in [-0.15, -0.1) is 0 Å². The molecule has 2 saturated heterocycles. The van der Waals surface area contributed by atoms with Gasteiger partial charge in [-0.3, -0.25) is 0 Å². The lowest BCUT2D eigenvalue weighted by molar-refractivity contribution is -0.352. The third-order valence-corrected chi connectivity index (χ3v) is 3.94. The standard InChI is InChI=1S/C12H22O10/c1-3-5(14)7(16)8(17)12(20-3)22-10-6(15)4(2-13)21-11(19)9(10)18/h3-19H,2H2,1H3/t3-,4+,5-,6+,7+,8+,9+,10-,11-,12-/m0/s1. The largest absolute Gasteiger partial charge is 0.394 e. The molecule has 0 aromatic rings. The lowest BCUT2D eigenvalue weighted by atomic mass is 9.97. The quantitative estimate of drug-likeness (QED) is 0.269. The topological polar surface area (TPSA) is 169 Å². The van der Waals surface area contributed by atoms with Crippen molar-refractivity contribution in [1.29, 1.82) is 0 Å². The van der Waals surface area contributed by atoms with E-state index in [1.54, 1.807) is 0 Å². The van der Waals surface area contributed by atoms with Gasteiger partial charge in [0.1, 0.15) is 42.7 Å². The van der Waals surface area contributed by atoms with E-state index in [4.69, 9.17) is 19.3 Å². The van der Waals surface area contributed by atoms with Crippen molar-refractivity contribution in [3.8, 4) is 0 Å². The van der Waals surface area contributed by atoms with Gasteiger partial charge in [0.25, 0.3) is 0 Å². The third kappa shape index (κ3) is 3.26. The van der Waals surface area contributed by atoms with Crippen LogP contribution in [0.2, 0.25) is 0 Å². The van der Waals surface area contributed by atoms with Crippen molar-refractivity contribution in [2.45, 2.75) is 68.3 Å². The highest BCUT2D eigenvalue weighted by Crippen LogP contribution is 2.28. The average molecular weight is 326 g/mol. The fraction of sp³-hybridized carbons (Fsp3) is 1.00. The molecule has 10 atom stereocenters. The molecular weight excluding hydrogens is 304 g/mol.